The Kier molecular flexibility index (Phi) is 9.89. The average molecular weight is 352 g/mol. The number of hydrogen-bond acceptors (Lipinski definition) is 2. The van der Waals surface area contributed by atoms with Crippen LogP contribution >= 0.6 is 35.0 Å². The molecule has 0 aliphatic rings. The molecule has 0 heterocycles. The highest BCUT2D eigenvalue weighted by molar-refractivity contribution is 7.98. The zero-order valence-corrected chi connectivity index (χ0v) is 14.2. The molecule has 0 spiro atoms. The van der Waals surface area contributed by atoms with Crippen molar-refractivity contribution in [3.05, 3.63) is 34.6 Å². The number of rotatable bonds is 10. The summed E-state index contributed by atoms with van der Waals surface area (Å²) in [7, 11) is 0. The van der Waals surface area contributed by atoms with Crippen LogP contribution in [0.5, 0.6) is 0 Å². The molecule has 1 rings (SSSR count). The second-order valence-electron chi connectivity index (χ2n) is 4.60. The Hall–Kier alpha value is -0.450. The van der Waals surface area contributed by atoms with E-state index >= 15 is 0 Å². The van der Waals surface area contributed by atoms with Crippen LogP contribution in [0.1, 0.15) is 31.2 Å². The van der Waals surface area contributed by atoms with E-state index in [4.69, 9.17) is 23.2 Å². The fraction of sp³-hybridized carbons (Fsp3) is 0.533. The molecule has 6 heteroatoms. The number of halogens is 3. The van der Waals surface area contributed by atoms with Gasteiger partial charge >= 0.3 is 0 Å². The van der Waals surface area contributed by atoms with E-state index in [0.717, 1.165) is 25.0 Å². The van der Waals surface area contributed by atoms with Gasteiger partial charge in [-0.1, -0.05) is 24.1 Å². The lowest BCUT2D eigenvalue weighted by atomic mass is 10.2. The van der Waals surface area contributed by atoms with Gasteiger partial charge in [0, 0.05) is 40.9 Å². The molecule has 0 aliphatic carbocycles. The lowest BCUT2D eigenvalue weighted by molar-refractivity contribution is -0.121. The summed E-state index contributed by atoms with van der Waals surface area (Å²) in [5.74, 6) is 1.68. The van der Waals surface area contributed by atoms with Crippen LogP contribution in [0.3, 0.4) is 0 Å². The molecule has 21 heavy (non-hydrogen) atoms. The topological polar surface area (TPSA) is 29.1 Å². The Morgan fingerprint density at radius 2 is 2.10 bits per heavy atom. The minimum atomic E-state index is -0.279. The van der Waals surface area contributed by atoms with E-state index < -0.39 is 0 Å². The van der Waals surface area contributed by atoms with Crippen molar-refractivity contribution >= 4 is 40.9 Å². The number of benzene rings is 1. The van der Waals surface area contributed by atoms with Crippen LogP contribution in [0.4, 0.5) is 4.39 Å². The second kappa shape index (κ2) is 11.2. The molecule has 0 aromatic heterocycles. The highest BCUT2D eigenvalue weighted by atomic mass is 35.5. The van der Waals surface area contributed by atoms with Gasteiger partial charge in [0.15, 0.2) is 0 Å². The Morgan fingerprint density at radius 3 is 2.81 bits per heavy atom. The summed E-state index contributed by atoms with van der Waals surface area (Å²) in [5.41, 5.74) is 0.525. The Bertz CT molecular complexity index is 425. The van der Waals surface area contributed by atoms with Crippen LogP contribution in [-0.4, -0.2) is 24.1 Å². The second-order valence-corrected chi connectivity index (χ2v) is 6.49. The molecule has 0 atom stereocenters. The largest absolute Gasteiger partial charge is 0.355 e. The lowest BCUT2D eigenvalue weighted by Crippen LogP contribution is -2.25. The van der Waals surface area contributed by atoms with E-state index in [0.29, 0.717) is 35.2 Å². The molecule has 0 saturated heterocycles. The molecule has 1 aromatic carbocycles. The maximum atomic E-state index is 13.5. The van der Waals surface area contributed by atoms with Crippen molar-refractivity contribution in [2.45, 2.75) is 31.4 Å². The summed E-state index contributed by atoms with van der Waals surface area (Å²) < 4.78 is 13.5. The highest BCUT2D eigenvalue weighted by Gasteiger charge is 2.06. The van der Waals surface area contributed by atoms with E-state index in [1.54, 1.807) is 23.9 Å². The third-order valence-corrected chi connectivity index (χ3v) is 4.52. The number of carbonyl (C=O) groups excluding carboxylic acids is 1. The molecule has 0 radical (unpaired) electrons. The van der Waals surface area contributed by atoms with Crippen molar-refractivity contribution in [3.8, 4) is 0 Å². The summed E-state index contributed by atoms with van der Waals surface area (Å²) in [6, 6.07) is 4.68. The molecule has 0 fully saturated rings. The van der Waals surface area contributed by atoms with E-state index in [1.165, 1.54) is 6.07 Å². The van der Waals surface area contributed by atoms with Crippen LogP contribution in [0.25, 0.3) is 0 Å². The number of unbranched alkanes of at least 4 members (excludes halogenated alkanes) is 2. The number of thioether (sulfide) groups is 1. The van der Waals surface area contributed by atoms with Gasteiger partial charge in [0.05, 0.1) is 0 Å². The van der Waals surface area contributed by atoms with Crippen LogP contribution in [-0.2, 0) is 10.5 Å². The molecule has 0 aliphatic heterocycles. The Morgan fingerprint density at radius 1 is 1.29 bits per heavy atom. The van der Waals surface area contributed by atoms with Crippen molar-refractivity contribution in [2.24, 2.45) is 0 Å². The summed E-state index contributed by atoms with van der Waals surface area (Å²) in [6.45, 7) is 0.588. The maximum absolute atomic E-state index is 13.5. The average Bonchev–Trinajstić information content (AvgIpc) is 2.46. The van der Waals surface area contributed by atoms with Gasteiger partial charge in [-0.05, 0) is 25.0 Å². The van der Waals surface area contributed by atoms with E-state index in [9.17, 15) is 9.18 Å². The van der Waals surface area contributed by atoms with Crippen molar-refractivity contribution < 1.29 is 9.18 Å². The van der Waals surface area contributed by atoms with Crippen LogP contribution in [0, 0.1) is 5.82 Å². The molecule has 2 nitrogen and oxygen atoms in total. The predicted molar refractivity (Wildman–Crippen MR) is 89.8 cm³/mol. The first kappa shape index (κ1) is 18.6. The van der Waals surface area contributed by atoms with E-state index in [1.807, 2.05) is 0 Å². The van der Waals surface area contributed by atoms with E-state index in [2.05, 4.69) is 5.32 Å². The third-order valence-electron chi connectivity index (χ3n) is 2.91. The number of nitrogens with one attached hydrogen (secondary N) is 1. The fourth-order valence-electron chi connectivity index (χ4n) is 1.75. The van der Waals surface area contributed by atoms with Crippen molar-refractivity contribution in [1.29, 1.82) is 0 Å². The number of carbonyl (C=O) groups is 1. The highest BCUT2D eigenvalue weighted by Crippen LogP contribution is 2.23. The number of amides is 1. The molecule has 118 valence electrons. The van der Waals surface area contributed by atoms with Crippen molar-refractivity contribution in [1.82, 2.24) is 5.32 Å². The fourth-order valence-corrected chi connectivity index (χ4v) is 3.14. The third kappa shape index (κ3) is 7.93. The van der Waals surface area contributed by atoms with Crippen molar-refractivity contribution in [3.63, 3.8) is 0 Å². The smallest absolute Gasteiger partial charge is 0.220 e. The van der Waals surface area contributed by atoms with Crippen LogP contribution in [0.2, 0.25) is 5.02 Å². The molecule has 1 N–H and O–H groups in total. The van der Waals surface area contributed by atoms with Crippen molar-refractivity contribution in [2.75, 3.05) is 18.2 Å². The van der Waals surface area contributed by atoms with Crippen LogP contribution < -0.4 is 5.32 Å². The molecule has 0 bridgehead atoms. The minimum absolute atomic E-state index is 0.0640. The zero-order chi connectivity index (χ0) is 15.5. The molecule has 1 amide bonds. The van der Waals surface area contributed by atoms with E-state index in [-0.39, 0.29) is 11.7 Å². The Balaban J connectivity index is 2.10. The normalized spacial score (nSPS) is 10.6. The summed E-state index contributed by atoms with van der Waals surface area (Å²) in [4.78, 5) is 11.5. The van der Waals surface area contributed by atoms with Gasteiger partial charge in [0.25, 0.3) is 0 Å². The quantitative estimate of drug-likeness (QED) is 0.491. The van der Waals surface area contributed by atoms with Gasteiger partial charge in [0.1, 0.15) is 5.82 Å². The van der Waals surface area contributed by atoms with Gasteiger partial charge < -0.3 is 5.32 Å². The Labute approximate surface area is 139 Å². The summed E-state index contributed by atoms with van der Waals surface area (Å²) in [5, 5.41) is 3.31. The molecular formula is C15H20Cl2FNOS. The zero-order valence-electron chi connectivity index (χ0n) is 11.8. The van der Waals surface area contributed by atoms with Gasteiger partial charge in [0.2, 0.25) is 5.91 Å². The SMILES string of the molecule is O=C(CCCCCCl)NCCSCc1c(F)cccc1Cl. The molecule has 1 aromatic rings. The first-order valence-electron chi connectivity index (χ1n) is 6.98. The van der Waals surface area contributed by atoms with Gasteiger partial charge in [-0.2, -0.15) is 11.8 Å². The predicted octanol–water partition coefficient (Wildman–Crippen LogP) is 4.63. The summed E-state index contributed by atoms with van der Waals surface area (Å²) >= 11 is 13.1. The maximum Gasteiger partial charge on any atom is 0.220 e. The van der Waals surface area contributed by atoms with Gasteiger partial charge in [-0.25, -0.2) is 4.39 Å². The first-order chi connectivity index (χ1) is 10.1. The molecule has 0 unspecified atom stereocenters. The monoisotopic (exact) mass is 351 g/mol. The lowest BCUT2D eigenvalue weighted by Gasteiger charge is -2.07. The van der Waals surface area contributed by atoms with Gasteiger partial charge in [-0.15, -0.1) is 11.6 Å². The first-order valence-corrected chi connectivity index (χ1v) is 9.05. The minimum Gasteiger partial charge on any atom is -0.355 e. The summed E-state index contributed by atoms with van der Waals surface area (Å²) in [6.07, 6.45) is 3.35. The number of hydrogen-bond donors (Lipinski definition) is 1. The molecular weight excluding hydrogens is 332 g/mol. The van der Waals surface area contributed by atoms with Crippen LogP contribution in [0.15, 0.2) is 18.2 Å². The van der Waals surface area contributed by atoms with Gasteiger partial charge in [-0.3, -0.25) is 4.79 Å². The standard InChI is InChI=1S/C15H20Cl2FNOS/c16-8-3-1-2-7-15(20)19-9-10-21-11-12-13(17)5-4-6-14(12)18/h4-6H,1-3,7-11H2,(H,19,20). The number of alkyl halides is 1. The molecule has 0 saturated carbocycles.